The number of amides is 2. The second kappa shape index (κ2) is 11.1. The zero-order valence-corrected chi connectivity index (χ0v) is 20.2. The van der Waals surface area contributed by atoms with E-state index >= 15 is 0 Å². The van der Waals surface area contributed by atoms with Gasteiger partial charge in [-0.3, -0.25) is 14.6 Å². The zero-order valence-electron chi connectivity index (χ0n) is 20.2. The molecule has 2 unspecified atom stereocenters. The van der Waals surface area contributed by atoms with Crippen LogP contribution in [0.2, 0.25) is 0 Å². The molecule has 0 fully saturated rings. The van der Waals surface area contributed by atoms with Crippen LogP contribution in [0.4, 0.5) is 0 Å². The van der Waals surface area contributed by atoms with Gasteiger partial charge in [0.1, 0.15) is 6.04 Å². The summed E-state index contributed by atoms with van der Waals surface area (Å²) in [5.74, 6) is -0.229. The van der Waals surface area contributed by atoms with E-state index in [-0.39, 0.29) is 11.8 Å². The van der Waals surface area contributed by atoms with Crippen molar-refractivity contribution in [1.29, 1.82) is 0 Å². The standard InChI is InChI=1S/C27H34N4O2/c1-28-24(18-21-15-16-22-13-9-10-14-23(22)17-21)26(32)30(4)25(27(33)31(5)29(2)3)19-20-11-7-6-8-12-20/h6-17,24-25,28H,18-19H2,1-5H3. The number of nitrogens with zero attached hydrogens (tertiary/aromatic N) is 3. The maximum atomic E-state index is 13.5. The number of hydrazine groups is 1. The molecular formula is C27H34N4O2. The van der Waals surface area contributed by atoms with Crippen LogP contribution in [0.25, 0.3) is 10.8 Å². The summed E-state index contributed by atoms with van der Waals surface area (Å²) in [5.41, 5.74) is 2.09. The largest absolute Gasteiger partial charge is 0.332 e. The third-order valence-electron chi connectivity index (χ3n) is 6.19. The fourth-order valence-electron chi connectivity index (χ4n) is 3.95. The van der Waals surface area contributed by atoms with Crippen LogP contribution < -0.4 is 5.32 Å². The molecule has 33 heavy (non-hydrogen) atoms. The number of benzene rings is 3. The van der Waals surface area contributed by atoms with E-state index in [1.807, 2.05) is 56.6 Å². The molecule has 0 bridgehead atoms. The predicted octanol–water partition coefficient (Wildman–Crippen LogP) is 2.98. The van der Waals surface area contributed by atoms with Crippen LogP contribution in [0.5, 0.6) is 0 Å². The smallest absolute Gasteiger partial charge is 0.259 e. The Kier molecular flexibility index (Phi) is 8.20. The van der Waals surface area contributed by atoms with Crippen LogP contribution >= 0.6 is 0 Å². The molecule has 0 aromatic heterocycles. The van der Waals surface area contributed by atoms with E-state index in [0.717, 1.165) is 16.5 Å². The highest BCUT2D eigenvalue weighted by Gasteiger charge is 2.33. The van der Waals surface area contributed by atoms with Gasteiger partial charge in [0.05, 0.1) is 6.04 Å². The number of rotatable bonds is 9. The minimum Gasteiger partial charge on any atom is -0.332 e. The molecule has 6 heteroatoms. The first-order valence-corrected chi connectivity index (χ1v) is 11.2. The molecule has 0 aliphatic heterocycles. The van der Waals surface area contributed by atoms with Gasteiger partial charge in [0, 0.05) is 34.6 Å². The van der Waals surface area contributed by atoms with Crippen molar-refractivity contribution in [2.24, 2.45) is 0 Å². The molecule has 0 heterocycles. The van der Waals surface area contributed by atoms with Crippen LogP contribution in [-0.2, 0) is 22.4 Å². The molecule has 0 spiro atoms. The molecule has 3 rings (SSSR count). The third kappa shape index (κ3) is 5.97. The molecule has 0 aliphatic carbocycles. The van der Waals surface area contributed by atoms with Crippen LogP contribution in [0, 0.1) is 0 Å². The summed E-state index contributed by atoms with van der Waals surface area (Å²) < 4.78 is 0. The van der Waals surface area contributed by atoms with E-state index in [4.69, 9.17) is 0 Å². The molecule has 2 amide bonds. The van der Waals surface area contributed by atoms with Crippen molar-refractivity contribution in [3.63, 3.8) is 0 Å². The highest BCUT2D eigenvalue weighted by Crippen LogP contribution is 2.18. The first-order valence-electron chi connectivity index (χ1n) is 11.2. The monoisotopic (exact) mass is 446 g/mol. The maximum Gasteiger partial charge on any atom is 0.259 e. The van der Waals surface area contributed by atoms with Crippen molar-refractivity contribution in [2.75, 3.05) is 35.2 Å². The number of fused-ring (bicyclic) bond motifs is 1. The normalized spacial score (nSPS) is 13.0. The van der Waals surface area contributed by atoms with E-state index in [2.05, 4.69) is 35.6 Å². The number of likely N-dealkylation sites (N-methyl/N-ethyl adjacent to an activating group) is 3. The SMILES string of the molecule is CNC(Cc1ccc2ccccc2c1)C(=O)N(C)C(Cc1ccccc1)C(=O)N(C)N(C)C. The highest BCUT2D eigenvalue weighted by atomic mass is 16.2. The van der Waals surface area contributed by atoms with E-state index in [1.165, 1.54) is 5.39 Å². The van der Waals surface area contributed by atoms with Crippen molar-refractivity contribution in [3.8, 4) is 0 Å². The van der Waals surface area contributed by atoms with Gasteiger partial charge in [-0.2, -0.15) is 0 Å². The van der Waals surface area contributed by atoms with Gasteiger partial charge in [-0.25, -0.2) is 5.01 Å². The topological polar surface area (TPSA) is 55.9 Å². The van der Waals surface area contributed by atoms with E-state index in [0.29, 0.717) is 12.8 Å². The molecular weight excluding hydrogens is 412 g/mol. The van der Waals surface area contributed by atoms with E-state index < -0.39 is 12.1 Å². The fraction of sp³-hybridized carbons (Fsp3) is 0.333. The van der Waals surface area contributed by atoms with Gasteiger partial charge in [0.25, 0.3) is 5.91 Å². The molecule has 0 radical (unpaired) electrons. The number of nitrogens with one attached hydrogen (secondary N) is 1. The highest BCUT2D eigenvalue weighted by molar-refractivity contribution is 5.90. The molecule has 0 saturated carbocycles. The van der Waals surface area contributed by atoms with Gasteiger partial charge in [-0.15, -0.1) is 0 Å². The van der Waals surface area contributed by atoms with Crippen LogP contribution in [0.3, 0.4) is 0 Å². The maximum absolute atomic E-state index is 13.5. The minimum atomic E-state index is -0.611. The lowest BCUT2D eigenvalue weighted by molar-refractivity contribution is -0.152. The summed E-state index contributed by atoms with van der Waals surface area (Å²) in [5, 5.41) is 8.76. The first kappa shape index (κ1) is 24.4. The third-order valence-corrected chi connectivity index (χ3v) is 6.19. The van der Waals surface area contributed by atoms with Crippen molar-refractivity contribution < 1.29 is 9.59 Å². The zero-order chi connectivity index (χ0) is 24.0. The number of hydrogen-bond acceptors (Lipinski definition) is 4. The number of carbonyl (C=O) groups excluding carboxylic acids is 2. The Hall–Kier alpha value is -3.22. The molecule has 3 aromatic rings. The summed E-state index contributed by atoms with van der Waals surface area (Å²) in [6.07, 6.45) is 0.993. The van der Waals surface area contributed by atoms with Gasteiger partial charge in [0.15, 0.2) is 0 Å². The van der Waals surface area contributed by atoms with E-state index in [1.54, 1.807) is 36.1 Å². The van der Waals surface area contributed by atoms with Crippen molar-refractivity contribution in [2.45, 2.75) is 24.9 Å². The Balaban J connectivity index is 1.83. The average Bonchev–Trinajstić information content (AvgIpc) is 2.84. The number of hydrogen-bond donors (Lipinski definition) is 1. The van der Waals surface area contributed by atoms with Crippen molar-refractivity contribution in [1.82, 2.24) is 20.2 Å². The Morgan fingerprint density at radius 1 is 0.758 bits per heavy atom. The summed E-state index contributed by atoms with van der Waals surface area (Å²) in [6, 6.07) is 23.2. The lowest BCUT2D eigenvalue weighted by Crippen LogP contribution is -2.56. The van der Waals surface area contributed by atoms with Gasteiger partial charge in [0.2, 0.25) is 5.91 Å². The molecule has 3 aromatic carbocycles. The summed E-state index contributed by atoms with van der Waals surface area (Å²) in [7, 11) is 8.87. The first-order chi connectivity index (χ1) is 15.8. The van der Waals surface area contributed by atoms with Crippen molar-refractivity contribution in [3.05, 3.63) is 83.9 Å². The average molecular weight is 447 g/mol. The Morgan fingerprint density at radius 2 is 1.39 bits per heavy atom. The van der Waals surface area contributed by atoms with Gasteiger partial charge < -0.3 is 10.2 Å². The van der Waals surface area contributed by atoms with Crippen LogP contribution in [0.1, 0.15) is 11.1 Å². The summed E-state index contributed by atoms with van der Waals surface area (Å²) in [4.78, 5) is 28.5. The minimum absolute atomic E-state index is 0.105. The molecule has 0 saturated heterocycles. The van der Waals surface area contributed by atoms with Gasteiger partial charge >= 0.3 is 0 Å². The second-order valence-electron chi connectivity index (χ2n) is 8.59. The summed E-state index contributed by atoms with van der Waals surface area (Å²) >= 11 is 0. The molecule has 0 aliphatic rings. The van der Waals surface area contributed by atoms with Gasteiger partial charge in [-0.05, 0) is 35.4 Å². The van der Waals surface area contributed by atoms with Crippen LogP contribution in [-0.4, -0.2) is 74.1 Å². The summed E-state index contributed by atoms with van der Waals surface area (Å²) in [6.45, 7) is 0. The van der Waals surface area contributed by atoms with E-state index in [9.17, 15) is 9.59 Å². The van der Waals surface area contributed by atoms with Crippen molar-refractivity contribution >= 4 is 22.6 Å². The molecule has 2 atom stereocenters. The molecule has 174 valence electrons. The van der Waals surface area contributed by atoms with Gasteiger partial charge in [-0.1, -0.05) is 72.8 Å². The molecule has 6 nitrogen and oxygen atoms in total. The Morgan fingerprint density at radius 3 is 2.03 bits per heavy atom. The lowest BCUT2D eigenvalue weighted by Gasteiger charge is -2.35. The quantitative estimate of drug-likeness (QED) is 0.514. The Bertz CT molecular complexity index is 1080. The fourth-order valence-corrected chi connectivity index (χ4v) is 3.95. The second-order valence-corrected chi connectivity index (χ2v) is 8.59. The van der Waals surface area contributed by atoms with Crippen LogP contribution in [0.15, 0.2) is 72.8 Å². The molecule has 1 N–H and O–H groups in total. The Labute approximate surface area is 196 Å². The predicted molar refractivity (Wildman–Crippen MR) is 134 cm³/mol. The number of carbonyl (C=O) groups is 2. The lowest BCUT2D eigenvalue weighted by atomic mass is 9.99.